The quantitative estimate of drug-likeness (QED) is 0.348. The highest BCUT2D eigenvalue weighted by atomic mass is 32.2. The Balaban J connectivity index is 1.56. The van der Waals surface area contributed by atoms with Gasteiger partial charge in [-0.25, -0.2) is 8.42 Å². The maximum atomic E-state index is 13.3. The second-order valence-corrected chi connectivity index (χ2v) is 9.22. The molecule has 0 amide bonds. The van der Waals surface area contributed by atoms with Crippen molar-refractivity contribution in [3.63, 3.8) is 0 Å². The molecule has 3 aromatic rings. The number of sulfone groups is 1. The van der Waals surface area contributed by atoms with E-state index in [4.69, 9.17) is 20.6 Å². The summed E-state index contributed by atoms with van der Waals surface area (Å²) in [4.78, 5) is 2.34. The number of nitrogens with zero attached hydrogens (tertiary/aromatic N) is 1. The van der Waals surface area contributed by atoms with Crippen LogP contribution in [0.3, 0.4) is 0 Å². The van der Waals surface area contributed by atoms with Crippen molar-refractivity contribution in [2.45, 2.75) is 4.90 Å². The van der Waals surface area contributed by atoms with Crippen LogP contribution in [0.1, 0.15) is 5.56 Å². The Morgan fingerprint density at radius 2 is 1.81 bits per heavy atom. The molecule has 0 aromatic heterocycles. The number of hydrogen-bond donors (Lipinski definition) is 2. The molecule has 1 heterocycles. The van der Waals surface area contributed by atoms with Crippen molar-refractivity contribution in [1.29, 1.82) is 5.41 Å². The minimum Gasteiger partial charge on any atom is -0.492 e. The van der Waals surface area contributed by atoms with Gasteiger partial charge in [0.05, 0.1) is 18.1 Å². The SMILES string of the molecule is N=C(c1cc(OCCN2CCOCC2)ccc1N)S(=O)(=O)c1cccc2ccccc12. The summed E-state index contributed by atoms with van der Waals surface area (Å²) in [5.74, 6) is 0.482. The van der Waals surface area contributed by atoms with E-state index in [1.807, 2.05) is 18.2 Å². The summed E-state index contributed by atoms with van der Waals surface area (Å²) >= 11 is 0. The molecule has 1 saturated heterocycles. The number of nitrogens with two attached hydrogens (primary N) is 1. The van der Waals surface area contributed by atoms with Crippen molar-refractivity contribution in [3.05, 3.63) is 66.2 Å². The lowest BCUT2D eigenvalue weighted by molar-refractivity contribution is 0.0322. The van der Waals surface area contributed by atoms with Crippen LogP contribution in [0, 0.1) is 5.41 Å². The fourth-order valence-electron chi connectivity index (χ4n) is 3.62. The Kier molecular flexibility index (Phi) is 6.22. The van der Waals surface area contributed by atoms with Crippen LogP contribution >= 0.6 is 0 Å². The number of rotatable bonds is 6. The van der Waals surface area contributed by atoms with E-state index in [0.29, 0.717) is 17.7 Å². The van der Waals surface area contributed by atoms with E-state index in [2.05, 4.69) is 4.90 Å². The van der Waals surface area contributed by atoms with E-state index in [-0.39, 0.29) is 16.1 Å². The van der Waals surface area contributed by atoms with Crippen LogP contribution in [0.25, 0.3) is 10.8 Å². The van der Waals surface area contributed by atoms with E-state index in [0.717, 1.165) is 38.2 Å². The molecule has 0 atom stereocenters. The Hall–Kier alpha value is -2.94. The fourth-order valence-corrected chi connectivity index (χ4v) is 5.04. The summed E-state index contributed by atoms with van der Waals surface area (Å²) in [5.41, 5.74) is 6.39. The van der Waals surface area contributed by atoms with Crippen LogP contribution in [0.15, 0.2) is 65.6 Å². The molecule has 0 unspecified atom stereocenters. The van der Waals surface area contributed by atoms with Crippen molar-refractivity contribution in [2.75, 3.05) is 45.2 Å². The highest BCUT2D eigenvalue weighted by Gasteiger charge is 2.26. The third-order valence-electron chi connectivity index (χ3n) is 5.36. The van der Waals surface area contributed by atoms with Gasteiger partial charge in [-0.05, 0) is 29.7 Å². The molecule has 0 bridgehead atoms. The van der Waals surface area contributed by atoms with Crippen molar-refractivity contribution < 1.29 is 17.9 Å². The first kappa shape index (κ1) is 21.3. The molecule has 162 valence electrons. The molecule has 8 heteroatoms. The zero-order chi connectivity index (χ0) is 21.8. The molecule has 0 radical (unpaired) electrons. The van der Waals surface area contributed by atoms with Gasteiger partial charge in [0.2, 0.25) is 9.84 Å². The van der Waals surface area contributed by atoms with E-state index in [1.165, 1.54) is 12.1 Å². The Labute approximate surface area is 181 Å². The van der Waals surface area contributed by atoms with E-state index < -0.39 is 14.9 Å². The summed E-state index contributed by atoms with van der Waals surface area (Å²) in [7, 11) is -4.07. The number of morpholine rings is 1. The van der Waals surface area contributed by atoms with Crippen molar-refractivity contribution in [2.24, 2.45) is 0 Å². The number of hydrogen-bond acceptors (Lipinski definition) is 7. The van der Waals surface area contributed by atoms with E-state index in [1.54, 1.807) is 30.3 Å². The zero-order valence-corrected chi connectivity index (χ0v) is 17.9. The summed E-state index contributed by atoms with van der Waals surface area (Å²) in [5, 5.41) is 9.30. The average Bonchev–Trinajstić information content (AvgIpc) is 2.80. The van der Waals surface area contributed by atoms with E-state index in [9.17, 15) is 8.42 Å². The topological polar surface area (TPSA) is 106 Å². The normalized spacial score (nSPS) is 15.1. The highest BCUT2D eigenvalue weighted by molar-refractivity contribution is 8.07. The number of fused-ring (bicyclic) bond motifs is 1. The molecule has 3 aromatic carbocycles. The van der Waals surface area contributed by atoms with Gasteiger partial charge in [0.25, 0.3) is 0 Å². The second kappa shape index (κ2) is 9.05. The lowest BCUT2D eigenvalue weighted by Gasteiger charge is -2.26. The van der Waals surface area contributed by atoms with Crippen LogP contribution in [0.4, 0.5) is 5.69 Å². The second-order valence-electron chi connectivity index (χ2n) is 7.36. The van der Waals surface area contributed by atoms with Crippen LogP contribution in [-0.2, 0) is 14.6 Å². The first-order chi connectivity index (χ1) is 15.0. The Morgan fingerprint density at radius 3 is 2.61 bits per heavy atom. The van der Waals surface area contributed by atoms with Gasteiger partial charge in [-0.2, -0.15) is 0 Å². The molecule has 0 aliphatic carbocycles. The molecule has 0 saturated carbocycles. The first-order valence-electron chi connectivity index (χ1n) is 10.1. The van der Waals surface area contributed by atoms with Gasteiger partial charge in [0.1, 0.15) is 12.4 Å². The number of ether oxygens (including phenoxy) is 2. The van der Waals surface area contributed by atoms with Gasteiger partial charge in [-0.1, -0.05) is 36.4 Å². The summed E-state index contributed by atoms with van der Waals surface area (Å²) in [6.45, 7) is 4.36. The summed E-state index contributed by atoms with van der Waals surface area (Å²) in [6.07, 6.45) is 0. The van der Waals surface area contributed by atoms with Crippen LogP contribution in [-0.4, -0.2) is 57.8 Å². The van der Waals surface area contributed by atoms with Crippen molar-refractivity contribution in [3.8, 4) is 5.75 Å². The summed E-state index contributed by atoms with van der Waals surface area (Å²) in [6, 6.07) is 17.0. The van der Waals surface area contributed by atoms with Gasteiger partial charge >= 0.3 is 0 Å². The van der Waals surface area contributed by atoms with Gasteiger partial charge in [-0.3, -0.25) is 10.3 Å². The molecular weight excluding hydrogens is 414 g/mol. The molecule has 31 heavy (non-hydrogen) atoms. The number of nitrogen functional groups attached to an aromatic ring is 1. The number of anilines is 1. The molecule has 1 aliphatic heterocycles. The number of nitrogens with one attached hydrogen (secondary N) is 1. The van der Waals surface area contributed by atoms with Gasteiger partial charge in [0.15, 0.2) is 5.04 Å². The highest BCUT2D eigenvalue weighted by Crippen LogP contribution is 2.29. The standard InChI is InChI=1S/C23H25N3O4S/c24-21-9-8-18(30-15-12-26-10-13-29-14-11-26)16-20(21)23(25)31(27,28)22-7-3-5-17-4-1-2-6-19(17)22/h1-9,16,25H,10-15,24H2. The average molecular weight is 440 g/mol. The maximum Gasteiger partial charge on any atom is 0.224 e. The Morgan fingerprint density at radius 1 is 1.06 bits per heavy atom. The third-order valence-corrected chi connectivity index (χ3v) is 7.05. The minimum absolute atomic E-state index is 0.0913. The lowest BCUT2D eigenvalue weighted by Crippen LogP contribution is -2.38. The fraction of sp³-hybridized carbons (Fsp3) is 0.261. The van der Waals surface area contributed by atoms with Crippen molar-refractivity contribution >= 4 is 31.3 Å². The van der Waals surface area contributed by atoms with Gasteiger partial charge < -0.3 is 15.2 Å². The molecule has 0 spiro atoms. The van der Waals surface area contributed by atoms with Crippen LogP contribution < -0.4 is 10.5 Å². The molecular formula is C23H25N3O4S. The predicted molar refractivity (Wildman–Crippen MR) is 122 cm³/mol. The maximum absolute atomic E-state index is 13.3. The predicted octanol–water partition coefficient (Wildman–Crippen LogP) is 2.93. The molecule has 4 rings (SSSR count). The number of benzene rings is 3. The monoisotopic (exact) mass is 439 g/mol. The van der Waals surface area contributed by atoms with Crippen LogP contribution in [0.2, 0.25) is 0 Å². The smallest absolute Gasteiger partial charge is 0.224 e. The van der Waals surface area contributed by atoms with Crippen LogP contribution in [0.5, 0.6) is 5.75 Å². The first-order valence-corrected chi connectivity index (χ1v) is 11.6. The molecule has 1 fully saturated rings. The molecule has 3 N–H and O–H groups in total. The zero-order valence-electron chi connectivity index (χ0n) is 17.1. The third kappa shape index (κ3) is 4.56. The van der Waals surface area contributed by atoms with Crippen molar-refractivity contribution in [1.82, 2.24) is 4.90 Å². The van der Waals surface area contributed by atoms with Gasteiger partial charge in [0, 0.05) is 36.3 Å². The molecule has 1 aliphatic rings. The van der Waals surface area contributed by atoms with Gasteiger partial charge in [-0.15, -0.1) is 0 Å². The lowest BCUT2D eigenvalue weighted by atomic mass is 10.1. The Bertz CT molecular complexity index is 1200. The minimum atomic E-state index is -4.07. The largest absolute Gasteiger partial charge is 0.492 e. The summed E-state index contributed by atoms with van der Waals surface area (Å²) < 4.78 is 37.7. The van der Waals surface area contributed by atoms with E-state index >= 15 is 0 Å². The molecule has 7 nitrogen and oxygen atoms in total.